The maximum absolute atomic E-state index is 12.1. The van der Waals surface area contributed by atoms with Gasteiger partial charge in [-0.2, -0.15) is 0 Å². The first-order chi connectivity index (χ1) is 11.1. The maximum Gasteiger partial charge on any atom is 0.224 e. The van der Waals surface area contributed by atoms with Crippen molar-refractivity contribution in [2.75, 3.05) is 11.9 Å². The molecule has 5 heteroatoms. The molecule has 0 saturated heterocycles. The van der Waals surface area contributed by atoms with Crippen molar-refractivity contribution in [3.8, 4) is 5.75 Å². The van der Waals surface area contributed by atoms with Gasteiger partial charge in [0.2, 0.25) is 5.91 Å². The van der Waals surface area contributed by atoms with E-state index in [0.29, 0.717) is 28.4 Å². The Morgan fingerprint density at radius 1 is 1.09 bits per heavy atom. The van der Waals surface area contributed by atoms with Crippen molar-refractivity contribution in [1.29, 1.82) is 0 Å². The highest BCUT2D eigenvalue weighted by atomic mass is 35.5. The Balaban J connectivity index is 1.92. The van der Waals surface area contributed by atoms with Gasteiger partial charge in [0.25, 0.3) is 0 Å². The first-order valence-electron chi connectivity index (χ1n) is 7.40. The molecule has 2 aromatic carbocycles. The van der Waals surface area contributed by atoms with Crippen LogP contribution >= 0.6 is 11.6 Å². The third-order valence-corrected chi connectivity index (χ3v) is 3.48. The molecule has 0 atom stereocenters. The zero-order chi connectivity index (χ0) is 16.7. The summed E-state index contributed by atoms with van der Waals surface area (Å²) >= 11 is 5.97. The molecule has 0 fully saturated rings. The summed E-state index contributed by atoms with van der Waals surface area (Å²) in [5.41, 5.74) is 1.19. The SMILES string of the molecule is CCCC(=O)Nc1ccc(C(=O)COc2ccccc2Cl)cc1. The van der Waals surface area contributed by atoms with Crippen LogP contribution in [0.4, 0.5) is 5.69 Å². The van der Waals surface area contributed by atoms with Gasteiger partial charge in [0.05, 0.1) is 5.02 Å². The van der Waals surface area contributed by atoms with Crippen LogP contribution in [-0.4, -0.2) is 18.3 Å². The second-order valence-electron chi connectivity index (χ2n) is 5.02. The molecule has 0 spiro atoms. The molecular weight excluding hydrogens is 314 g/mol. The van der Waals surface area contributed by atoms with Crippen molar-refractivity contribution in [3.05, 3.63) is 59.1 Å². The molecule has 4 nitrogen and oxygen atoms in total. The number of Topliss-reactive ketones (excluding diaryl/α,β-unsaturated/α-hetero) is 1. The molecule has 1 N–H and O–H groups in total. The molecule has 0 saturated carbocycles. The summed E-state index contributed by atoms with van der Waals surface area (Å²) in [7, 11) is 0. The Labute approximate surface area is 140 Å². The minimum Gasteiger partial charge on any atom is -0.484 e. The van der Waals surface area contributed by atoms with E-state index in [1.807, 2.05) is 6.92 Å². The van der Waals surface area contributed by atoms with Crippen LogP contribution in [0.5, 0.6) is 5.75 Å². The average Bonchev–Trinajstić information content (AvgIpc) is 2.55. The van der Waals surface area contributed by atoms with Crippen LogP contribution in [0.1, 0.15) is 30.1 Å². The molecule has 1 amide bonds. The van der Waals surface area contributed by atoms with Crippen LogP contribution < -0.4 is 10.1 Å². The van der Waals surface area contributed by atoms with E-state index in [9.17, 15) is 9.59 Å². The number of nitrogens with one attached hydrogen (secondary N) is 1. The molecule has 0 aliphatic carbocycles. The molecular formula is C18H18ClNO3. The van der Waals surface area contributed by atoms with Gasteiger partial charge in [-0.05, 0) is 42.8 Å². The number of benzene rings is 2. The van der Waals surface area contributed by atoms with Crippen molar-refractivity contribution in [3.63, 3.8) is 0 Å². The summed E-state index contributed by atoms with van der Waals surface area (Å²) in [6.45, 7) is 1.85. The van der Waals surface area contributed by atoms with Crippen molar-refractivity contribution >= 4 is 29.0 Å². The summed E-state index contributed by atoms with van der Waals surface area (Å²) < 4.78 is 5.43. The predicted molar refractivity (Wildman–Crippen MR) is 91.3 cm³/mol. The first kappa shape index (κ1) is 17.0. The minimum absolute atomic E-state index is 0.0337. The number of para-hydroxylation sites is 1. The Hall–Kier alpha value is -2.33. The van der Waals surface area contributed by atoms with E-state index in [0.717, 1.165) is 6.42 Å². The highest BCUT2D eigenvalue weighted by Crippen LogP contribution is 2.23. The van der Waals surface area contributed by atoms with E-state index in [1.165, 1.54) is 0 Å². The monoisotopic (exact) mass is 331 g/mol. The van der Waals surface area contributed by atoms with Crippen molar-refractivity contribution < 1.29 is 14.3 Å². The molecule has 0 bridgehead atoms. The minimum atomic E-state index is -0.156. The molecule has 23 heavy (non-hydrogen) atoms. The van der Waals surface area contributed by atoms with Crippen LogP contribution in [0, 0.1) is 0 Å². The standard InChI is InChI=1S/C18H18ClNO3/c1-2-5-18(22)20-14-10-8-13(9-11-14)16(21)12-23-17-7-4-3-6-15(17)19/h3-4,6-11H,2,5,12H2,1H3,(H,20,22). The Bertz CT molecular complexity index is 683. The predicted octanol–water partition coefficient (Wildman–Crippen LogP) is 4.34. The lowest BCUT2D eigenvalue weighted by Gasteiger charge is -2.08. The Morgan fingerprint density at radius 3 is 2.43 bits per heavy atom. The number of carbonyl (C=O) groups is 2. The number of rotatable bonds is 7. The van der Waals surface area contributed by atoms with E-state index >= 15 is 0 Å². The van der Waals surface area contributed by atoms with E-state index < -0.39 is 0 Å². The molecule has 0 aliphatic rings. The normalized spacial score (nSPS) is 10.2. The molecule has 0 aliphatic heterocycles. The number of halogens is 1. The number of hydrogen-bond acceptors (Lipinski definition) is 3. The number of carbonyl (C=O) groups excluding carboxylic acids is 2. The van der Waals surface area contributed by atoms with E-state index in [2.05, 4.69) is 5.32 Å². The number of hydrogen-bond donors (Lipinski definition) is 1. The molecule has 0 unspecified atom stereocenters. The van der Waals surface area contributed by atoms with Crippen molar-refractivity contribution in [1.82, 2.24) is 0 Å². The van der Waals surface area contributed by atoms with Crippen LogP contribution in [0.25, 0.3) is 0 Å². The van der Waals surface area contributed by atoms with Gasteiger partial charge in [-0.3, -0.25) is 9.59 Å². The lowest BCUT2D eigenvalue weighted by Crippen LogP contribution is -2.13. The summed E-state index contributed by atoms with van der Waals surface area (Å²) in [5.74, 6) is 0.288. The van der Waals surface area contributed by atoms with Gasteiger partial charge < -0.3 is 10.1 Å². The van der Waals surface area contributed by atoms with Gasteiger partial charge in [-0.25, -0.2) is 0 Å². The van der Waals surface area contributed by atoms with Gasteiger partial charge in [0, 0.05) is 17.7 Å². The van der Waals surface area contributed by atoms with E-state index in [-0.39, 0.29) is 18.3 Å². The van der Waals surface area contributed by atoms with E-state index in [1.54, 1.807) is 48.5 Å². The quantitative estimate of drug-likeness (QED) is 0.768. The number of ether oxygens (including phenoxy) is 1. The largest absolute Gasteiger partial charge is 0.484 e. The number of amides is 1. The van der Waals surface area contributed by atoms with Crippen LogP contribution in [0.2, 0.25) is 5.02 Å². The van der Waals surface area contributed by atoms with E-state index in [4.69, 9.17) is 16.3 Å². The summed E-state index contributed by atoms with van der Waals surface area (Å²) in [6, 6.07) is 13.7. The van der Waals surface area contributed by atoms with Crippen molar-refractivity contribution in [2.45, 2.75) is 19.8 Å². The second-order valence-corrected chi connectivity index (χ2v) is 5.43. The first-order valence-corrected chi connectivity index (χ1v) is 7.78. The molecule has 0 heterocycles. The van der Waals surface area contributed by atoms with Gasteiger partial charge in [0.15, 0.2) is 12.4 Å². The third kappa shape index (κ3) is 5.11. The summed E-state index contributed by atoms with van der Waals surface area (Å²) in [4.78, 5) is 23.6. The topological polar surface area (TPSA) is 55.4 Å². The Kier molecular flexibility index (Phi) is 6.18. The van der Waals surface area contributed by atoms with Crippen molar-refractivity contribution in [2.24, 2.45) is 0 Å². The van der Waals surface area contributed by atoms with Gasteiger partial charge in [0.1, 0.15) is 5.75 Å². The van der Waals surface area contributed by atoms with Crippen LogP contribution in [-0.2, 0) is 4.79 Å². The lowest BCUT2D eigenvalue weighted by atomic mass is 10.1. The highest BCUT2D eigenvalue weighted by Gasteiger charge is 2.09. The van der Waals surface area contributed by atoms with Gasteiger partial charge in [-0.15, -0.1) is 0 Å². The smallest absolute Gasteiger partial charge is 0.224 e. The fraction of sp³-hybridized carbons (Fsp3) is 0.222. The lowest BCUT2D eigenvalue weighted by molar-refractivity contribution is -0.116. The number of ketones is 1. The fourth-order valence-electron chi connectivity index (χ4n) is 1.98. The van der Waals surface area contributed by atoms with Gasteiger partial charge in [-0.1, -0.05) is 30.7 Å². The fourth-order valence-corrected chi connectivity index (χ4v) is 2.17. The second kappa shape index (κ2) is 8.34. The average molecular weight is 332 g/mol. The Morgan fingerprint density at radius 2 is 1.78 bits per heavy atom. The van der Waals surface area contributed by atoms with Crippen LogP contribution in [0.15, 0.2) is 48.5 Å². The third-order valence-electron chi connectivity index (χ3n) is 3.16. The zero-order valence-electron chi connectivity index (χ0n) is 12.8. The van der Waals surface area contributed by atoms with Gasteiger partial charge >= 0.3 is 0 Å². The zero-order valence-corrected chi connectivity index (χ0v) is 13.6. The molecule has 120 valence electrons. The summed E-state index contributed by atoms with van der Waals surface area (Å²) in [5, 5.41) is 3.24. The molecule has 2 aromatic rings. The van der Waals surface area contributed by atoms with Crippen LogP contribution in [0.3, 0.4) is 0 Å². The maximum atomic E-state index is 12.1. The molecule has 2 rings (SSSR count). The highest BCUT2D eigenvalue weighted by molar-refractivity contribution is 6.32. The molecule has 0 radical (unpaired) electrons. The summed E-state index contributed by atoms with van der Waals surface area (Å²) in [6.07, 6.45) is 1.27. The number of anilines is 1. The molecule has 0 aromatic heterocycles.